The molecule has 0 fully saturated rings. The highest BCUT2D eigenvalue weighted by molar-refractivity contribution is 5.95. The SMILES string of the molecule is CCCC[C@@H](Nc1c([N+](=O)[O-])cnc2ccccc12)C(C)C. The van der Waals surface area contributed by atoms with Crippen LogP contribution in [0, 0.1) is 16.0 Å². The second-order valence-corrected chi connectivity index (χ2v) is 5.93. The van der Waals surface area contributed by atoms with Crippen molar-refractivity contribution in [1.82, 2.24) is 4.98 Å². The van der Waals surface area contributed by atoms with E-state index in [0.717, 1.165) is 30.2 Å². The first-order valence-corrected chi connectivity index (χ1v) is 7.83. The van der Waals surface area contributed by atoms with Crippen LogP contribution in [0.1, 0.15) is 40.0 Å². The number of nitro groups is 1. The molecule has 1 N–H and O–H groups in total. The summed E-state index contributed by atoms with van der Waals surface area (Å²) in [6, 6.07) is 7.75. The van der Waals surface area contributed by atoms with Gasteiger partial charge in [-0.2, -0.15) is 0 Å². The number of pyridine rings is 1. The predicted octanol–water partition coefficient (Wildman–Crippen LogP) is 4.77. The fourth-order valence-electron chi connectivity index (χ4n) is 2.60. The maximum absolute atomic E-state index is 11.4. The third-order valence-electron chi connectivity index (χ3n) is 3.96. The Morgan fingerprint density at radius 3 is 2.68 bits per heavy atom. The number of nitrogens with zero attached hydrogens (tertiary/aromatic N) is 2. The van der Waals surface area contributed by atoms with E-state index >= 15 is 0 Å². The highest BCUT2D eigenvalue weighted by atomic mass is 16.6. The average molecular weight is 301 g/mol. The molecule has 0 unspecified atom stereocenters. The highest BCUT2D eigenvalue weighted by Crippen LogP contribution is 2.33. The number of hydrogen-bond acceptors (Lipinski definition) is 4. The van der Waals surface area contributed by atoms with E-state index in [1.807, 2.05) is 24.3 Å². The molecule has 1 atom stereocenters. The predicted molar refractivity (Wildman–Crippen MR) is 90.2 cm³/mol. The van der Waals surface area contributed by atoms with Crippen LogP contribution >= 0.6 is 0 Å². The fourth-order valence-corrected chi connectivity index (χ4v) is 2.60. The minimum atomic E-state index is -0.362. The van der Waals surface area contributed by atoms with E-state index in [-0.39, 0.29) is 16.7 Å². The van der Waals surface area contributed by atoms with Gasteiger partial charge in [0.1, 0.15) is 11.9 Å². The molecule has 1 heterocycles. The summed E-state index contributed by atoms with van der Waals surface area (Å²) in [4.78, 5) is 15.2. The molecule has 0 aliphatic rings. The lowest BCUT2D eigenvalue weighted by Gasteiger charge is -2.24. The molecule has 1 aromatic heterocycles. The van der Waals surface area contributed by atoms with Gasteiger partial charge in [-0.3, -0.25) is 10.1 Å². The van der Waals surface area contributed by atoms with Gasteiger partial charge in [-0.1, -0.05) is 51.8 Å². The molecule has 0 saturated carbocycles. The normalized spacial score (nSPS) is 12.5. The van der Waals surface area contributed by atoms with Gasteiger partial charge in [0.25, 0.3) is 0 Å². The van der Waals surface area contributed by atoms with Gasteiger partial charge in [-0.05, 0) is 18.4 Å². The molecule has 0 aliphatic heterocycles. The zero-order valence-electron chi connectivity index (χ0n) is 13.4. The lowest BCUT2D eigenvalue weighted by atomic mass is 9.97. The van der Waals surface area contributed by atoms with E-state index in [2.05, 4.69) is 31.1 Å². The summed E-state index contributed by atoms with van der Waals surface area (Å²) in [5.74, 6) is 0.401. The number of fused-ring (bicyclic) bond motifs is 1. The molecule has 5 nitrogen and oxygen atoms in total. The standard InChI is InChI=1S/C17H23N3O2/c1-4-5-9-14(12(2)3)19-17-13-8-6-7-10-15(13)18-11-16(17)20(21)22/h6-8,10-12,14H,4-5,9H2,1-3H3,(H,18,19)/t14-/m1/s1. The van der Waals surface area contributed by atoms with Crippen molar-refractivity contribution in [3.05, 3.63) is 40.6 Å². The number of hydrogen-bond donors (Lipinski definition) is 1. The van der Waals surface area contributed by atoms with Crippen molar-refractivity contribution in [2.45, 2.75) is 46.1 Å². The molecule has 118 valence electrons. The number of anilines is 1. The summed E-state index contributed by atoms with van der Waals surface area (Å²) in [5, 5.41) is 15.6. The van der Waals surface area contributed by atoms with Gasteiger partial charge in [-0.15, -0.1) is 0 Å². The third kappa shape index (κ3) is 3.53. The van der Waals surface area contributed by atoms with Crippen LogP contribution in [0.15, 0.2) is 30.5 Å². The summed E-state index contributed by atoms with van der Waals surface area (Å²) in [5.41, 5.74) is 1.40. The van der Waals surface area contributed by atoms with Gasteiger partial charge < -0.3 is 5.32 Å². The zero-order valence-corrected chi connectivity index (χ0v) is 13.4. The van der Waals surface area contributed by atoms with Crippen LogP contribution in [0.2, 0.25) is 0 Å². The van der Waals surface area contributed by atoms with Gasteiger partial charge >= 0.3 is 5.69 Å². The van der Waals surface area contributed by atoms with Crippen LogP contribution in [-0.4, -0.2) is 15.9 Å². The topological polar surface area (TPSA) is 68.1 Å². The molecule has 0 bridgehead atoms. The molecule has 2 rings (SSSR count). The molecular formula is C17H23N3O2. The van der Waals surface area contributed by atoms with E-state index in [0.29, 0.717) is 11.6 Å². The molecule has 0 amide bonds. The monoisotopic (exact) mass is 301 g/mol. The zero-order chi connectivity index (χ0) is 16.1. The van der Waals surface area contributed by atoms with Crippen LogP contribution in [0.25, 0.3) is 10.9 Å². The maximum Gasteiger partial charge on any atom is 0.311 e. The van der Waals surface area contributed by atoms with Crippen molar-refractivity contribution < 1.29 is 4.92 Å². The molecule has 0 saturated heterocycles. The Kier molecular flexibility index (Phi) is 5.31. The number of rotatable bonds is 7. The fraction of sp³-hybridized carbons (Fsp3) is 0.471. The Bertz CT molecular complexity index is 655. The van der Waals surface area contributed by atoms with Gasteiger partial charge in [-0.25, -0.2) is 4.98 Å². The molecular weight excluding hydrogens is 278 g/mol. The summed E-state index contributed by atoms with van der Waals surface area (Å²) < 4.78 is 0. The molecule has 5 heteroatoms. The van der Waals surface area contributed by atoms with Crippen LogP contribution in [0.5, 0.6) is 0 Å². The van der Waals surface area contributed by atoms with E-state index in [1.54, 1.807) is 0 Å². The first-order chi connectivity index (χ1) is 10.5. The molecule has 2 aromatic rings. The molecule has 1 aromatic carbocycles. The van der Waals surface area contributed by atoms with Gasteiger partial charge in [0, 0.05) is 11.4 Å². The summed E-state index contributed by atoms with van der Waals surface area (Å²) >= 11 is 0. The second kappa shape index (κ2) is 7.20. The van der Waals surface area contributed by atoms with Crippen LogP contribution < -0.4 is 5.32 Å². The summed E-state index contributed by atoms with van der Waals surface area (Å²) in [6.07, 6.45) is 4.57. The number of aromatic nitrogens is 1. The van der Waals surface area contributed by atoms with Crippen LogP contribution in [0.4, 0.5) is 11.4 Å². The smallest absolute Gasteiger partial charge is 0.311 e. The summed E-state index contributed by atoms with van der Waals surface area (Å²) in [7, 11) is 0. The van der Waals surface area contributed by atoms with Crippen molar-refractivity contribution in [3.8, 4) is 0 Å². The molecule has 22 heavy (non-hydrogen) atoms. The number of para-hydroxylation sites is 1. The lowest BCUT2D eigenvalue weighted by molar-refractivity contribution is -0.384. The second-order valence-electron chi connectivity index (χ2n) is 5.93. The van der Waals surface area contributed by atoms with E-state index < -0.39 is 0 Å². The molecule has 0 spiro atoms. The Balaban J connectivity index is 2.46. The molecule has 0 aliphatic carbocycles. The number of nitrogens with one attached hydrogen (secondary N) is 1. The number of unbranched alkanes of at least 4 members (excludes halogenated alkanes) is 1. The van der Waals surface area contributed by atoms with Gasteiger partial charge in [0.15, 0.2) is 0 Å². The Morgan fingerprint density at radius 2 is 2.05 bits per heavy atom. The Morgan fingerprint density at radius 1 is 1.32 bits per heavy atom. The quantitative estimate of drug-likeness (QED) is 0.591. The van der Waals surface area contributed by atoms with Crippen LogP contribution in [0.3, 0.4) is 0 Å². The number of benzene rings is 1. The third-order valence-corrected chi connectivity index (χ3v) is 3.96. The van der Waals surface area contributed by atoms with Crippen molar-refractivity contribution in [3.63, 3.8) is 0 Å². The van der Waals surface area contributed by atoms with Gasteiger partial charge in [0.2, 0.25) is 0 Å². The minimum absolute atomic E-state index is 0.0425. The lowest BCUT2D eigenvalue weighted by Crippen LogP contribution is -2.26. The molecule has 0 radical (unpaired) electrons. The van der Waals surface area contributed by atoms with E-state index in [4.69, 9.17) is 0 Å². The van der Waals surface area contributed by atoms with E-state index in [1.165, 1.54) is 6.20 Å². The van der Waals surface area contributed by atoms with Crippen molar-refractivity contribution in [1.29, 1.82) is 0 Å². The van der Waals surface area contributed by atoms with Crippen LogP contribution in [-0.2, 0) is 0 Å². The Labute approximate surface area is 130 Å². The Hall–Kier alpha value is -2.17. The van der Waals surface area contributed by atoms with Crippen molar-refractivity contribution in [2.75, 3.05) is 5.32 Å². The average Bonchev–Trinajstić information content (AvgIpc) is 2.50. The van der Waals surface area contributed by atoms with Gasteiger partial charge in [0.05, 0.1) is 10.4 Å². The summed E-state index contributed by atoms with van der Waals surface area (Å²) in [6.45, 7) is 6.44. The largest absolute Gasteiger partial charge is 0.376 e. The van der Waals surface area contributed by atoms with E-state index in [9.17, 15) is 10.1 Å². The first-order valence-electron chi connectivity index (χ1n) is 7.83. The first kappa shape index (κ1) is 16.2. The highest BCUT2D eigenvalue weighted by Gasteiger charge is 2.22. The minimum Gasteiger partial charge on any atom is -0.376 e. The van der Waals surface area contributed by atoms with Crippen molar-refractivity contribution in [2.24, 2.45) is 5.92 Å². The maximum atomic E-state index is 11.4. The van der Waals surface area contributed by atoms with Crippen molar-refractivity contribution >= 4 is 22.3 Å².